The Morgan fingerprint density at radius 2 is 1.77 bits per heavy atom. The van der Waals surface area contributed by atoms with E-state index in [0.29, 0.717) is 0 Å². The van der Waals surface area contributed by atoms with Crippen molar-refractivity contribution in [2.75, 3.05) is 0 Å². The lowest BCUT2D eigenvalue weighted by Crippen LogP contribution is -1.93. The Balaban J connectivity index is 3.20. The molecule has 0 aromatic heterocycles. The van der Waals surface area contributed by atoms with Crippen LogP contribution in [0.5, 0.6) is 5.75 Å². The second-order valence-electron chi connectivity index (χ2n) is 2.04. The summed E-state index contributed by atoms with van der Waals surface area (Å²) in [5.41, 5.74) is 0. The van der Waals surface area contributed by atoms with E-state index in [4.69, 9.17) is 33.6 Å². The topological polar surface area (TPSA) is 66.8 Å². The molecule has 72 valence electrons. The van der Waals surface area contributed by atoms with Crippen molar-refractivity contribution in [2.24, 2.45) is 0 Å². The zero-order chi connectivity index (χ0) is 10.0. The molecule has 0 amide bonds. The second-order valence-corrected chi connectivity index (χ2v) is 3.95. The molecular weight excluding hydrogens is 239 g/mol. The molecule has 1 aromatic rings. The smallest absolute Gasteiger partial charge is 0.219 e. The lowest BCUT2D eigenvalue weighted by atomic mass is 10.3. The van der Waals surface area contributed by atoms with Crippen LogP contribution in [0.1, 0.15) is 0 Å². The average molecular weight is 243 g/mol. The van der Waals surface area contributed by atoms with E-state index < -0.39 is 11.1 Å². The van der Waals surface area contributed by atoms with Crippen molar-refractivity contribution in [3.8, 4) is 5.75 Å². The van der Waals surface area contributed by atoms with E-state index in [9.17, 15) is 4.21 Å². The molecule has 0 radical (unpaired) electrons. The van der Waals surface area contributed by atoms with Gasteiger partial charge in [0.2, 0.25) is 11.1 Å². The third-order valence-corrected chi connectivity index (χ3v) is 2.58. The van der Waals surface area contributed by atoms with Gasteiger partial charge < -0.3 is 5.11 Å². The quantitative estimate of drug-likeness (QED) is 0.617. The van der Waals surface area contributed by atoms with Gasteiger partial charge in [-0.2, -0.15) is 0 Å². The monoisotopic (exact) mass is 242 g/mol. The van der Waals surface area contributed by atoms with E-state index in [-0.39, 0.29) is 20.7 Å². The summed E-state index contributed by atoms with van der Waals surface area (Å²) in [6.07, 6.45) is 0. The van der Waals surface area contributed by atoms with E-state index in [2.05, 4.69) is 4.33 Å². The minimum atomic E-state index is -2.04. The van der Waals surface area contributed by atoms with Crippen LogP contribution in [-0.4, -0.2) is 14.6 Å². The van der Waals surface area contributed by atoms with Crippen LogP contribution in [-0.2, 0) is 15.4 Å². The summed E-state index contributed by atoms with van der Waals surface area (Å²) in [6, 6.07) is 2.35. The highest BCUT2D eigenvalue weighted by Crippen LogP contribution is 2.33. The summed E-state index contributed by atoms with van der Waals surface area (Å²) in [5, 5.41) is 17.1. The van der Waals surface area contributed by atoms with Crippen LogP contribution in [0.15, 0.2) is 17.0 Å². The number of halogens is 2. The third-order valence-electron chi connectivity index (χ3n) is 1.25. The molecule has 7 heteroatoms. The Labute approximate surface area is 86.3 Å². The first-order valence-electron chi connectivity index (χ1n) is 2.98. The number of aromatic hydroxyl groups is 1. The van der Waals surface area contributed by atoms with Gasteiger partial charge in [0.1, 0.15) is 0 Å². The predicted molar refractivity (Wildman–Crippen MR) is 48.2 cm³/mol. The molecule has 13 heavy (non-hydrogen) atoms. The summed E-state index contributed by atoms with van der Waals surface area (Å²) in [5.74, 6) is -0.304. The highest BCUT2D eigenvalue weighted by molar-refractivity contribution is 7.80. The van der Waals surface area contributed by atoms with Crippen LogP contribution < -0.4 is 0 Å². The van der Waals surface area contributed by atoms with Gasteiger partial charge >= 0.3 is 0 Å². The maximum atomic E-state index is 10.9. The SMILES string of the molecule is O=S(OO)c1cc(Cl)c(O)c(Cl)c1. The highest BCUT2D eigenvalue weighted by Gasteiger charge is 2.11. The van der Waals surface area contributed by atoms with E-state index in [1.807, 2.05) is 0 Å². The number of rotatable bonds is 2. The molecule has 0 aliphatic heterocycles. The van der Waals surface area contributed by atoms with Crippen molar-refractivity contribution in [2.45, 2.75) is 4.90 Å². The van der Waals surface area contributed by atoms with Gasteiger partial charge in [-0.15, -0.1) is 4.33 Å². The lowest BCUT2D eigenvalue weighted by molar-refractivity contribution is -0.124. The maximum absolute atomic E-state index is 10.9. The van der Waals surface area contributed by atoms with Crippen LogP contribution in [0.4, 0.5) is 0 Å². The van der Waals surface area contributed by atoms with Gasteiger partial charge in [0.25, 0.3) is 0 Å². The first-order chi connectivity index (χ1) is 6.06. The Bertz CT molecular complexity index is 331. The molecule has 0 heterocycles. The van der Waals surface area contributed by atoms with Crippen LogP contribution in [0.25, 0.3) is 0 Å². The first kappa shape index (κ1) is 10.7. The number of benzene rings is 1. The molecule has 0 fully saturated rings. The van der Waals surface area contributed by atoms with Crippen molar-refractivity contribution in [1.82, 2.24) is 0 Å². The molecular formula is C6H4Cl2O4S. The number of phenolic OH excluding ortho intramolecular Hbond substituents is 1. The van der Waals surface area contributed by atoms with Crippen molar-refractivity contribution in [1.29, 1.82) is 0 Å². The summed E-state index contributed by atoms with van der Waals surface area (Å²) in [4.78, 5) is 0.0651. The van der Waals surface area contributed by atoms with E-state index >= 15 is 0 Å². The summed E-state index contributed by atoms with van der Waals surface area (Å²) >= 11 is 8.98. The molecule has 0 bridgehead atoms. The largest absolute Gasteiger partial charge is 0.505 e. The van der Waals surface area contributed by atoms with Gasteiger partial charge in [-0.05, 0) is 12.1 Å². The van der Waals surface area contributed by atoms with Crippen LogP contribution in [0.2, 0.25) is 10.0 Å². The third kappa shape index (κ3) is 2.32. The van der Waals surface area contributed by atoms with Crippen LogP contribution >= 0.6 is 23.2 Å². The molecule has 1 unspecified atom stereocenters. The number of hydrogen-bond acceptors (Lipinski definition) is 4. The molecule has 1 atom stereocenters. The van der Waals surface area contributed by atoms with E-state index in [1.165, 1.54) is 12.1 Å². The first-order valence-corrected chi connectivity index (χ1v) is 4.81. The highest BCUT2D eigenvalue weighted by atomic mass is 35.5. The lowest BCUT2D eigenvalue weighted by Gasteiger charge is -2.02. The van der Waals surface area contributed by atoms with Gasteiger partial charge in [0.05, 0.1) is 14.9 Å². The van der Waals surface area contributed by atoms with Crippen molar-refractivity contribution in [3.05, 3.63) is 22.2 Å². The molecule has 0 aliphatic rings. The van der Waals surface area contributed by atoms with Crippen molar-refractivity contribution in [3.63, 3.8) is 0 Å². The van der Waals surface area contributed by atoms with Gasteiger partial charge in [-0.25, -0.2) is 9.47 Å². The zero-order valence-corrected chi connectivity index (χ0v) is 8.36. The standard InChI is InChI=1S/C6H4Cl2O4S/c7-4-1-3(13(11)12-10)2-5(8)6(4)9/h1-2,9-10H. The summed E-state index contributed by atoms with van der Waals surface area (Å²) < 4.78 is 14.4. The number of phenols is 1. The van der Waals surface area contributed by atoms with E-state index in [0.717, 1.165) is 0 Å². The molecule has 2 N–H and O–H groups in total. The van der Waals surface area contributed by atoms with Crippen LogP contribution in [0.3, 0.4) is 0 Å². The van der Waals surface area contributed by atoms with Gasteiger partial charge in [-0.3, -0.25) is 0 Å². The van der Waals surface area contributed by atoms with Crippen LogP contribution in [0, 0.1) is 0 Å². The normalized spacial score (nSPS) is 12.8. The Hall–Kier alpha value is -0.330. The minimum Gasteiger partial charge on any atom is -0.505 e. The molecule has 1 aromatic carbocycles. The average Bonchev–Trinajstić information content (AvgIpc) is 2.12. The second kappa shape index (κ2) is 4.26. The molecule has 4 nitrogen and oxygen atoms in total. The fourth-order valence-electron chi connectivity index (χ4n) is 0.682. The maximum Gasteiger partial charge on any atom is 0.219 e. The number of hydrogen-bond donors (Lipinski definition) is 2. The molecule has 0 saturated carbocycles. The van der Waals surface area contributed by atoms with E-state index in [1.54, 1.807) is 0 Å². The molecule has 0 saturated heterocycles. The molecule has 0 spiro atoms. The fraction of sp³-hybridized carbons (Fsp3) is 0. The fourth-order valence-corrected chi connectivity index (χ4v) is 1.81. The zero-order valence-electron chi connectivity index (χ0n) is 6.03. The van der Waals surface area contributed by atoms with Crippen molar-refractivity contribution < 1.29 is 18.9 Å². The minimum absolute atomic E-state index is 0.0621. The summed E-state index contributed by atoms with van der Waals surface area (Å²) in [6.45, 7) is 0. The van der Waals surface area contributed by atoms with Gasteiger partial charge in [0, 0.05) is 0 Å². The Morgan fingerprint density at radius 1 is 1.31 bits per heavy atom. The predicted octanol–water partition coefficient (Wildman–Crippen LogP) is 2.21. The van der Waals surface area contributed by atoms with Gasteiger partial charge in [-0.1, -0.05) is 23.2 Å². The van der Waals surface area contributed by atoms with Crippen molar-refractivity contribution >= 4 is 34.3 Å². The van der Waals surface area contributed by atoms with Gasteiger partial charge in [0.15, 0.2) is 5.75 Å². The molecule has 1 rings (SSSR count). The molecule has 0 aliphatic carbocycles. The Morgan fingerprint density at radius 3 is 2.15 bits per heavy atom. The summed E-state index contributed by atoms with van der Waals surface area (Å²) in [7, 11) is 0. The Kier molecular flexibility index (Phi) is 3.52.